The van der Waals surface area contributed by atoms with Crippen LogP contribution in [0.15, 0.2) is 0 Å². The highest BCUT2D eigenvalue weighted by atomic mass is 16.4. The van der Waals surface area contributed by atoms with Gasteiger partial charge in [0, 0.05) is 12.6 Å². The van der Waals surface area contributed by atoms with Crippen LogP contribution in [0.2, 0.25) is 0 Å². The van der Waals surface area contributed by atoms with E-state index in [1.807, 2.05) is 6.92 Å². The lowest BCUT2D eigenvalue weighted by atomic mass is 9.90. The van der Waals surface area contributed by atoms with Gasteiger partial charge in [-0.3, -0.25) is 4.79 Å². The van der Waals surface area contributed by atoms with Gasteiger partial charge < -0.3 is 15.7 Å². The van der Waals surface area contributed by atoms with E-state index in [2.05, 4.69) is 31.4 Å². The molecule has 0 heterocycles. The molecule has 0 aromatic rings. The summed E-state index contributed by atoms with van der Waals surface area (Å²) >= 11 is 0. The van der Waals surface area contributed by atoms with Crippen molar-refractivity contribution in [1.82, 2.24) is 10.6 Å². The van der Waals surface area contributed by atoms with Crippen LogP contribution in [0.1, 0.15) is 53.4 Å². The average molecular weight is 258 g/mol. The maximum Gasteiger partial charge on any atom is 0.315 e. The largest absolute Gasteiger partial charge is 0.481 e. The maximum atomic E-state index is 11.7. The van der Waals surface area contributed by atoms with E-state index < -0.39 is 5.97 Å². The Morgan fingerprint density at radius 3 is 2.33 bits per heavy atom. The number of aliphatic carboxylic acids is 1. The number of carbonyl (C=O) groups excluding carboxylic acids is 1. The smallest absolute Gasteiger partial charge is 0.315 e. The zero-order chi connectivity index (χ0) is 14.2. The third-order valence-corrected chi connectivity index (χ3v) is 3.08. The molecule has 0 aliphatic heterocycles. The Bertz CT molecular complexity index is 277. The standard InChI is InChI=1S/C13H26N2O3/c1-5-7-10(8-11(16)17)15-12(18)14-9-13(3,4)6-2/h10H,5-9H2,1-4H3,(H,16,17)(H2,14,15,18). The molecule has 2 amide bonds. The van der Waals surface area contributed by atoms with Crippen LogP contribution >= 0.6 is 0 Å². The number of carbonyl (C=O) groups is 2. The van der Waals surface area contributed by atoms with Crippen LogP contribution in [0.25, 0.3) is 0 Å². The van der Waals surface area contributed by atoms with Gasteiger partial charge in [-0.05, 0) is 18.3 Å². The molecule has 0 radical (unpaired) electrons. The van der Waals surface area contributed by atoms with Gasteiger partial charge in [0.2, 0.25) is 0 Å². The summed E-state index contributed by atoms with van der Waals surface area (Å²) in [5.74, 6) is -0.886. The third-order valence-electron chi connectivity index (χ3n) is 3.08. The van der Waals surface area contributed by atoms with Crippen molar-refractivity contribution in [3.05, 3.63) is 0 Å². The summed E-state index contributed by atoms with van der Waals surface area (Å²) in [7, 11) is 0. The van der Waals surface area contributed by atoms with Gasteiger partial charge in [-0.1, -0.05) is 34.1 Å². The molecule has 0 fully saturated rings. The van der Waals surface area contributed by atoms with E-state index in [0.29, 0.717) is 13.0 Å². The molecule has 3 N–H and O–H groups in total. The number of urea groups is 1. The van der Waals surface area contributed by atoms with Crippen LogP contribution < -0.4 is 10.6 Å². The van der Waals surface area contributed by atoms with Gasteiger partial charge in [0.25, 0.3) is 0 Å². The summed E-state index contributed by atoms with van der Waals surface area (Å²) in [6, 6.07) is -0.575. The molecule has 18 heavy (non-hydrogen) atoms. The first-order chi connectivity index (χ1) is 8.30. The summed E-state index contributed by atoms with van der Waals surface area (Å²) in [6.07, 6.45) is 2.47. The number of carboxylic acid groups (broad SMARTS) is 1. The SMILES string of the molecule is CCCC(CC(=O)O)NC(=O)NCC(C)(C)CC. The van der Waals surface area contributed by atoms with Gasteiger partial charge in [0.1, 0.15) is 0 Å². The van der Waals surface area contributed by atoms with Crippen molar-refractivity contribution in [2.75, 3.05) is 6.54 Å². The Kier molecular flexibility index (Phi) is 7.39. The molecule has 1 atom stereocenters. The lowest BCUT2D eigenvalue weighted by Gasteiger charge is -2.24. The molecule has 0 rings (SSSR count). The molecule has 0 aliphatic carbocycles. The highest BCUT2D eigenvalue weighted by Gasteiger charge is 2.18. The van der Waals surface area contributed by atoms with Crippen LogP contribution in [0.5, 0.6) is 0 Å². The first kappa shape index (κ1) is 16.7. The number of amides is 2. The van der Waals surface area contributed by atoms with Crippen molar-refractivity contribution < 1.29 is 14.7 Å². The third kappa shape index (κ3) is 7.92. The minimum absolute atomic E-state index is 0.0293. The lowest BCUT2D eigenvalue weighted by molar-refractivity contribution is -0.137. The molecule has 0 spiro atoms. The van der Waals surface area contributed by atoms with E-state index >= 15 is 0 Å². The molecule has 0 aliphatic rings. The number of carboxylic acids is 1. The van der Waals surface area contributed by atoms with Crippen LogP contribution in [-0.2, 0) is 4.79 Å². The second-order valence-electron chi connectivity index (χ2n) is 5.43. The van der Waals surface area contributed by atoms with Gasteiger partial charge in [-0.15, -0.1) is 0 Å². The molecule has 0 aromatic carbocycles. The molecule has 1 unspecified atom stereocenters. The Morgan fingerprint density at radius 2 is 1.89 bits per heavy atom. The van der Waals surface area contributed by atoms with Gasteiger partial charge in [0.05, 0.1) is 6.42 Å². The summed E-state index contributed by atoms with van der Waals surface area (Å²) < 4.78 is 0. The van der Waals surface area contributed by atoms with Crippen molar-refractivity contribution in [3.8, 4) is 0 Å². The van der Waals surface area contributed by atoms with Crippen LogP contribution in [0, 0.1) is 5.41 Å². The summed E-state index contributed by atoms with van der Waals surface area (Å²) in [5, 5.41) is 14.3. The molecule has 5 heteroatoms. The highest BCUT2D eigenvalue weighted by molar-refractivity contribution is 5.75. The lowest BCUT2D eigenvalue weighted by Crippen LogP contribution is -2.45. The molecular formula is C13H26N2O3. The maximum absolute atomic E-state index is 11.7. The van der Waals surface area contributed by atoms with Crippen LogP contribution in [-0.4, -0.2) is 29.7 Å². The summed E-state index contributed by atoms with van der Waals surface area (Å²) in [6.45, 7) is 8.78. The van der Waals surface area contributed by atoms with Gasteiger partial charge >= 0.3 is 12.0 Å². The second kappa shape index (κ2) is 7.95. The van der Waals surface area contributed by atoms with Gasteiger partial charge in [-0.25, -0.2) is 4.79 Å². The number of rotatable bonds is 8. The fraction of sp³-hybridized carbons (Fsp3) is 0.846. The predicted molar refractivity (Wildman–Crippen MR) is 71.6 cm³/mol. The fourth-order valence-corrected chi connectivity index (χ4v) is 1.47. The van der Waals surface area contributed by atoms with Gasteiger partial charge in [0.15, 0.2) is 0 Å². The zero-order valence-electron chi connectivity index (χ0n) is 11.9. The van der Waals surface area contributed by atoms with Crippen molar-refractivity contribution in [2.45, 2.75) is 59.4 Å². The highest BCUT2D eigenvalue weighted by Crippen LogP contribution is 2.17. The van der Waals surface area contributed by atoms with E-state index in [9.17, 15) is 9.59 Å². The Hall–Kier alpha value is -1.26. The van der Waals surface area contributed by atoms with E-state index in [0.717, 1.165) is 12.8 Å². The van der Waals surface area contributed by atoms with Crippen molar-refractivity contribution in [1.29, 1.82) is 0 Å². The van der Waals surface area contributed by atoms with Crippen LogP contribution in [0.3, 0.4) is 0 Å². The quantitative estimate of drug-likeness (QED) is 0.625. The Labute approximate surface area is 109 Å². The molecule has 0 saturated carbocycles. The first-order valence-corrected chi connectivity index (χ1v) is 6.57. The Balaban J connectivity index is 4.13. The molecule has 0 aromatic heterocycles. The number of nitrogens with one attached hydrogen (secondary N) is 2. The van der Waals surface area contributed by atoms with Crippen molar-refractivity contribution in [3.63, 3.8) is 0 Å². The molecule has 0 bridgehead atoms. The fourth-order valence-electron chi connectivity index (χ4n) is 1.47. The minimum Gasteiger partial charge on any atom is -0.481 e. The normalized spacial score (nSPS) is 12.9. The van der Waals surface area contributed by atoms with Crippen molar-refractivity contribution in [2.24, 2.45) is 5.41 Å². The van der Waals surface area contributed by atoms with Crippen LogP contribution in [0.4, 0.5) is 4.79 Å². The topological polar surface area (TPSA) is 78.4 Å². The first-order valence-electron chi connectivity index (χ1n) is 6.57. The number of hydrogen-bond acceptors (Lipinski definition) is 2. The van der Waals surface area contributed by atoms with E-state index in [-0.39, 0.29) is 23.9 Å². The Morgan fingerprint density at radius 1 is 1.28 bits per heavy atom. The molecule has 106 valence electrons. The molecular weight excluding hydrogens is 232 g/mol. The molecule has 5 nitrogen and oxygen atoms in total. The summed E-state index contributed by atoms with van der Waals surface area (Å²) in [5.41, 5.74) is 0.0599. The van der Waals surface area contributed by atoms with E-state index in [1.54, 1.807) is 0 Å². The minimum atomic E-state index is -0.886. The summed E-state index contributed by atoms with van der Waals surface area (Å²) in [4.78, 5) is 22.3. The monoisotopic (exact) mass is 258 g/mol. The van der Waals surface area contributed by atoms with Gasteiger partial charge in [-0.2, -0.15) is 0 Å². The molecule has 0 saturated heterocycles. The average Bonchev–Trinajstić information content (AvgIpc) is 2.26. The van der Waals surface area contributed by atoms with Crippen molar-refractivity contribution >= 4 is 12.0 Å². The van der Waals surface area contributed by atoms with E-state index in [4.69, 9.17) is 5.11 Å². The predicted octanol–water partition coefficient (Wildman–Crippen LogP) is 2.37. The second-order valence-corrected chi connectivity index (χ2v) is 5.43. The zero-order valence-corrected chi connectivity index (χ0v) is 11.9. The van der Waals surface area contributed by atoms with E-state index in [1.165, 1.54) is 0 Å². The number of hydrogen-bond donors (Lipinski definition) is 3.